The van der Waals surface area contributed by atoms with E-state index in [4.69, 9.17) is 4.74 Å². The second-order valence-electron chi connectivity index (χ2n) is 3.88. The number of aliphatic hydroxyl groups is 1. The predicted octanol–water partition coefficient (Wildman–Crippen LogP) is 2.98. The van der Waals surface area contributed by atoms with Gasteiger partial charge in [-0.15, -0.1) is 11.3 Å². The van der Waals surface area contributed by atoms with E-state index in [0.29, 0.717) is 6.42 Å². The lowest BCUT2D eigenvalue weighted by Crippen LogP contribution is -2.33. The van der Waals surface area contributed by atoms with Crippen molar-refractivity contribution in [2.24, 2.45) is 0 Å². The van der Waals surface area contributed by atoms with Crippen LogP contribution in [0.4, 0.5) is 0 Å². The van der Waals surface area contributed by atoms with Crippen molar-refractivity contribution >= 4 is 27.3 Å². The van der Waals surface area contributed by atoms with Gasteiger partial charge in [-0.25, -0.2) is 0 Å². The number of hydrogen-bond donors (Lipinski definition) is 1. The summed E-state index contributed by atoms with van der Waals surface area (Å²) in [5, 5.41) is 10.0. The molecule has 84 valence electrons. The molecule has 1 aromatic heterocycles. The Hall–Kier alpha value is 0.1000. The average molecular weight is 291 g/mol. The molecule has 0 radical (unpaired) electrons. The first-order valence-electron chi connectivity index (χ1n) is 5.29. The van der Waals surface area contributed by atoms with Crippen molar-refractivity contribution in [3.05, 3.63) is 20.8 Å². The van der Waals surface area contributed by atoms with Crippen LogP contribution in [0.25, 0.3) is 0 Å². The van der Waals surface area contributed by atoms with Gasteiger partial charge in [0.15, 0.2) is 0 Å². The molecular formula is C11H15BrO2S. The Morgan fingerprint density at radius 1 is 1.53 bits per heavy atom. The molecule has 1 fully saturated rings. The van der Waals surface area contributed by atoms with Crippen LogP contribution in [0.15, 0.2) is 15.9 Å². The fourth-order valence-electron chi connectivity index (χ4n) is 1.87. The van der Waals surface area contributed by atoms with Crippen molar-refractivity contribution in [3.8, 4) is 0 Å². The van der Waals surface area contributed by atoms with Gasteiger partial charge in [0.1, 0.15) is 0 Å². The zero-order chi connectivity index (χ0) is 10.7. The van der Waals surface area contributed by atoms with Crippen LogP contribution in [0.1, 0.15) is 24.1 Å². The van der Waals surface area contributed by atoms with E-state index in [9.17, 15) is 5.11 Å². The van der Waals surface area contributed by atoms with Crippen LogP contribution < -0.4 is 0 Å². The molecule has 0 bridgehead atoms. The number of halogens is 1. The smallest absolute Gasteiger partial charge is 0.0849 e. The van der Waals surface area contributed by atoms with Gasteiger partial charge >= 0.3 is 0 Å². The molecule has 1 aromatic rings. The minimum Gasteiger partial charge on any atom is -0.390 e. The fraction of sp³-hybridized carbons (Fsp3) is 0.636. The molecule has 4 heteroatoms. The van der Waals surface area contributed by atoms with E-state index in [1.165, 1.54) is 11.3 Å². The van der Waals surface area contributed by atoms with Crippen molar-refractivity contribution in [1.29, 1.82) is 0 Å². The fourth-order valence-corrected chi connectivity index (χ4v) is 3.40. The van der Waals surface area contributed by atoms with Gasteiger partial charge < -0.3 is 9.84 Å². The van der Waals surface area contributed by atoms with Crippen LogP contribution in [0.2, 0.25) is 0 Å². The molecule has 2 unspecified atom stereocenters. The summed E-state index contributed by atoms with van der Waals surface area (Å²) >= 11 is 5.10. The second-order valence-corrected chi connectivity index (χ2v) is 6.43. The zero-order valence-electron chi connectivity index (χ0n) is 8.49. The van der Waals surface area contributed by atoms with Gasteiger partial charge in [0.2, 0.25) is 0 Å². The Kier molecular flexibility index (Phi) is 4.20. The van der Waals surface area contributed by atoms with Crippen molar-refractivity contribution in [2.75, 3.05) is 6.61 Å². The molecule has 1 saturated heterocycles. The molecular weight excluding hydrogens is 276 g/mol. The second kappa shape index (κ2) is 5.43. The van der Waals surface area contributed by atoms with E-state index in [-0.39, 0.29) is 12.2 Å². The summed E-state index contributed by atoms with van der Waals surface area (Å²) in [5.74, 6) is 0. The summed E-state index contributed by atoms with van der Waals surface area (Å²) in [5.41, 5.74) is 0. The van der Waals surface area contributed by atoms with Crippen molar-refractivity contribution in [1.82, 2.24) is 0 Å². The Balaban J connectivity index is 1.88. The first-order chi connectivity index (χ1) is 7.25. The Morgan fingerprint density at radius 3 is 3.00 bits per heavy atom. The largest absolute Gasteiger partial charge is 0.390 e. The Labute approximate surface area is 102 Å². The average Bonchev–Trinajstić information content (AvgIpc) is 2.65. The third-order valence-electron chi connectivity index (χ3n) is 2.68. The summed E-state index contributed by atoms with van der Waals surface area (Å²) in [6, 6.07) is 4.08. The maximum Gasteiger partial charge on any atom is 0.0849 e. The molecule has 1 N–H and O–H groups in total. The van der Waals surface area contributed by atoms with Crippen molar-refractivity contribution < 1.29 is 9.84 Å². The molecule has 0 amide bonds. The van der Waals surface area contributed by atoms with E-state index in [0.717, 1.165) is 23.2 Å². The predicted molar refractivity (Wildman–Crippen MR) is 65.3 cm³/mol. The van der Waals surface area contributed by atoms with Crippen molar-refractivity contribution in [3.63, 3.8) is 0 Å². The minimum atomic E-state index is -0.351. The van der Waals surface area contributed by atoms with Crippen LogP contribution in [0, 0.1) is 0 Å². The molecule has 0 saturated carbocycles. The highest BCUT2D eigenvalue weighted by atomic mass is 79.9. The molecule has 0 aliphatic carbocycles. The molecule has 0 spiro atoms. The summed E-state index contributed by atoms with van der Waals surface area (Å²) < 4.78 is 6.68. The molecule has 2 nitrogen and oxygen atoms in total. The van der Waals surface area contributed by atoms with E-state index in [1.54, 1.807) is 11.3 Å². The monoisotopic (exact) mass is 290 g/mol. The number of ether oxygens (including phenoxy) is 1. The highest BCUT2D eigenvalue weighted by molar-refractivity contribution is 9.11. The zero-order valence-corrected chi connectivity index (χ0v) is 10.9. The molecule has 1 aliphatic rings. The van der Waals surface area contributed by atoms with Gasteiger partial charge in [-0.1, -0.05) is 0 Å². The Bertz CT molecular complexity index is 307. The van der Waals surface area contributed by atoms with E-state index in [2.05, 4.69) is 22.0 Å². The molecule has 15 heavy (non-hydrogen) atoms. The first-order valence-corrected chi connectivity index (χ1v) is 6.90. The summed E-state index contributed by atoms with van der Waals surface area (Å²) in [7, 11) is 0. The molecule has 2 atom stereocenters. The SMILES string of the molecule is OC(Cc1ccc(Br)s1)C1CCCCO1. The number of rotatable bonds is 3. The topological polar surface area (TPSA) is 29.5 Å². The maximum atomic E-state index is 10.0. The van der Waals surface area contributed by atoms with E-state index >= 15 is 0 Å². The van der Waals surface area contributed by atoms with Crippen LogP contribution in [0.5, 0.6) is 0 Å². The molecule has 1 aliphatic heterocycles. The number of thiophene rings is 1. The molecule has 2 heterocycles. The molecule has 2 rings (SSSR count). The van der Waals surface area contributed by atoms with Gasteiger partial charge in [0, 0.05) is 17.9 Å². The third kappa shape index (κ3) is 3.28. The van der Waals surface area contributed by atoms with Crippen LogP contribution in [0.3, 0.4) is 0 Å². The molecule has 0 aromatic carbocycles. The van der Waals surface area contributed by atoms with E-state index in [1.807, 2.05) is 6.07 Å². The normalized spacial score (nSPS) is 24.0. The van der Waals surface area contributed by atoms with Gasteiger partial charge in [0.05, 0.1) is 16.0 Å². The summed E-state index contributed by atoms with van der Waals surface area (Å²) in [6.07, 6.45) is 3.70. The van der Waals surface area contributed by atoms with Gasteiger partial charge in [-0.05, 0) is 47.3 Å². The maximum absolute atomic E-state index is 10.0. The standard InChI is InChI=1S/C11H15BrO2S/c12-11-5-4-8(15-11)7-9(13)10-3-1-2-6-14-10/h4-5,9-10,13H,1-3,6-7H2. The third-order valence-corrected chi connectivity index (χ3v) is 4.33. The van der Waals surface area contributed by atoms with Crippen LogP contribution in [-0.4, -0.2) is 23.9 Å². The summed E-state index contributed by atoms with van der Waals surface area (Å²) in [4.78, 5) is 1.21. The number of aliphatic hydroxyl groups excluding tert-OH is 1. The summed E-state index contributed by atoms with van der Waals surface area (Å²) in [6.45, 7) is 0.801. The Morgan fingerprint density at radius 2 is 2.40 bits per heavy atom. The number of hydrogen-bond acceptors (Lipinski definition) is 3. The quantitative estimate of drug-likeness (QED) is 0.927. The highest BCUT2D eigenvalue weighted by Gasteiger charge is 2.22. The van der Waals surface area contributed by atoms with E-state index < -0.39 is 0 Å². The first kappa shape index (κ1) is 11.6. The lowest BCUT2D eigenvalue weighted by Gasteiger charge is -2.26. The highest BCUT2D eigenvalue weighted by Crippen LogP contribution is 2.25. The van der Waals surface area contributed by atoms with Crippen molar-refractivity contribution in [2.45, 2.75) is 37.9 Å². The lowest BCUT2D eigenvalue weighted by atomic mass is 10.0. The van der Waals surface area contributed by atoms with Crippen LogP contribution in [-0.2, 0) is 11.2 Å². The minimum absolute atomic E-state index is 0.0413. The van der Waals surface area contributed by atoms with Gasteiger partial charge in [-0.3, -0.25) is 0 Å². The van der Waals surface area contributed by atoms with Crippen LogP contribution >= 0.6 is 27.3 Å². The van der Waals surface area contributed by atoms with Gasteiger partial charge in [-0.2, -0.15) is 0 Å². The van der Waals surface area contributed by atoms with Gasteiger partial charge in [0.25, 0.3) is 0 Å². The lowest BCUT2D eigenvalue weighted by molar-refractivity contribution is -0.0608.